The maximum Gasteiger partial charge on any atom is 0.242 e. The molecule has 0 aliphatic heterocycles. The van der Waals surface area contributed by atoms with Crippen LogP contribution < -0.4 is 4.72 Å². The van der Waals surface area contributed by atoms with Crippen LogP contribution in [-0.4, -0.2) is 28.5 Å². The van der Waals surface area contributed by atoms with E-state index in [-0.39, 0.29) is 10.7 Å². The Labute approximate surface area is 187 Å². The van der Waals surface area contributed by atoms with Crippen molar-refractivity contribution in [3.05, 3.63) is 72.3 Å². The minimum atomic E-state index is -3.70. The first-order valence-corrected chi connectivity index (χ1v) is 11.8. The van der Waals surface area contributed by atoms with Crippen molar-refractivity contribution in [3.8, 4) is 17.2 Å². The Kier molecular flexibility index (Phi) is 5.60. The number of hydrogen-bond acceptors (Lipinski definition) is 4. The highest BCUT2D eigenvalue weighted by Gasteiger charge is 2.23. The molecular weight excluding hydrogens is 427 g/mol. The van der Waals surface area contributed by atoms with E-state index < -0.39 is 15.6 Å². The van der Waals surface area contributed by atoms with Crippen molar-refractivity contribution < 1.29 is 12.8 Å². The second-order valence-corrected chi connectivity index (χ2v) is 10.3. The number of aryl methyl sites for hydroxylation is 1. The molecule has 3 heterocycles. The van der Waals surface area contributed by atoms with Gasteiger partial charge in [-0.05, 0) is 75.2 Å². The van der Waals surface area contributed by atoms with Gasteiger partial charge in [-0.3, -0.25) is 9.55 Å². The van der Waals surface area contributed by atoms with Crippen molar-refractivity contribution in [3.63, 3.8) is 0 Å². The first-order chi connectivity index (χ1) is 15.1. The maximum atomic E-state index is 14.5. The standard InChI is InChI=1S/C24H25FN4O2S/c1-5-16-13-21-17(12-19(16)25)14-22(29(21)23-8-6-7-11-26-23)20-10-9-18(15-27-20)32(30,31)28-24(2,3)4/h6-15,28H,5H2,1-4H3. The molecule has 0 amide bonds. The number of sulfonamides is 1. The van der Waals surface area contributed by atoms with Gasteiger partial charge in [0.25, 0.3) is 0 Å². The van der Waals surface area contributed by atoms with Gasteiger partial charge in [0, 0.05) is 23.3 Å². The van der Waals surface area contributed by atoms with E-state index in [1.807, 2.05) is 41.8 Å². The third-order valence-electron chi connectivity index (χ3n) is 4.98. The molecule has 0 aliphatic carbocycles. The zero-order chi connectivity index (χ0) is 23.1. The summed E-state index contributed by atoms with van der Waals surface area (Å²) >= 11 is 0. The minimum absolute atomic E-state index is 0.0796. The van der Waals surface area contributed by atoms with E-state index in [0.717, 1.165) is 5.52 Å². The van der Waals surface area contributed by atoms with Crippen LogP contribution in [0.5, 0.6) is 0 Å². The Morgan fingerprint density at radius 3 is 2.44 bits per heavy atom. The third kappa shape index (κ3) is 4.28. The fourth-order valence-corrected chi connectivity index (χ4v) is 4.98. The van der Waals surface area contributed by atoms with Crippen LogP contribution in [-0.2, 0) is 16.4 Å². The lowest BCUT2D eigenvalue weighted by Gasteiger charge is -2.20. The molecule has 0 unspecified atom stereocenters. The quantitative estimate of drug-likeness (QED) is 0.469. The fraction of sp³-hybridized carbons (Fsp3) is 0.250. The van der Waals surface area contributed by atoms with E-state index in [1.165, 1.54) is 18.3 Å². The Morgan fingerprint density at radius 1 is 1.06 bits per heavy atom. The van der Waals surface area contributed by atoms with E-state index in [4.69, 9.17) is 0 Å². The average Bonchev–Trinajstić information content (AvgIpc) is 3.10. The molecule has 1 N–H and O–H groups in total. The average molecular weight is 453 g/mol. The zero-order valence-electron chi connectivity index (χ0n) is 18.4. The Bertz CT molecular complexity index is 1370. The SMILES string of the molecule is CCc1cc2c(cc1F)cc(-c1ccc(S(=O)(=O)NC(C)(C)C)cn1)n2-c1ccccn1. The van der Waals surface area contributed by atoms with Crippen LogP contribution in [0.4, 0.5) is 4.39 Å². The smallest absolute Gasteiger partial charge is 0.242 e. The summed E-state index contributed by atoms with van der Waals surface area (Å²) in [7, 11) is -3.70. The molecule has 32 heavy (non-hydrogen) atoms. The lowest BCUT2D eigenvalue weighted by molar-refractivity contribution is 0.491. The molecule has 0 spiro atoms. The Hall–Kier alpha value is -3.10. The Morgan fingerprint density at radius 2 is 1.84 bits per heavy atom. The highest BCUT2D eigenvalue weighted by molar-refractivity contribution is 7.89. The number of hydrogen-bond donors (Lipinski definition) is 1. The van der Waals surface area contributed by atoms with E-state index >= 15 is 0 Å². The maximum absolute atomic E-state index is 14.5. The van der Waals surface area contributed by atoms with Crippen LogP contribution in [0.2, 0.25) is 0 Å². The zero-order valence-corrected chi connectivity index (χ0v) is 19.2. The molecule has 0 radical (unpaired) electrons. The van der Waals surface area contributed by atoms with Crippen molar-refractivity contribution in [1.82, 2.24) is 19.3 Å². The summed E-state index contributed by atoms with van der Waals surface area (Å²) in [5.41, 5.74) is 2.06. The van der Waals surface area contributed by atoms with Gasteiger partial charge in [0.2, 0.25) is 10.0 Å². The molecule has 0 saturated heterocycles. The predicted molar refractivity (Wildman–Crippen MR) is 124 cm³/mol. The normalized spacial score (nSPS) is 12.4. The van der Waals surface area contributed by atoms with E-state index in [1.54, 1.807) is 33.0 Å². The monoisotopic (exact) mass is 452 g/mol. The number of nitrogens with one attached hydrogen (secondary N) is 1. The summed E-state index contributed by atoms with van der Waals surface area (Å²) in [4.78, 5) is 8.98. The summed E-state index contributed by atoms with van der Waals surface area (Å²) < 4.78 is 44.3. The number of benzene rings is 1. The summed E-state index contributed by atoms with van der Waals surface area (Å²) in [6, 6.07) is 13.9. The molecule has 0 bridgehead atoms. The number of rotatable bonds is 5. The molecule has 3 aromatic heterocycles. The van der Waals surface area contributed by atoms with Gasteiger partial charge < -0.3 is 0 Å². The molecule has 0 aliphatic rings. The van der Waals surface area contributed by atoms with Crippen molar-refractivity contribution in [2.45, 2.75) is 44.6 Å². The van der Waals surface area contributed by atoms with E-state index in [9.17, 15) is 12.8 Å². The second-order valence-electron chi connectivity index (χ2n) is 8.64. The van der Waals surface area contributed by atoms with Crippen LogP contribution in [0, 0.1) is 5.82 Å². The largest absolute Gasteiger partial charge is 0.292 e. The van der Waals surface area contributed by atoms with Gasteiger partial charge in [0.15, 0.2) is 0 Å². The second kappa shape index (κ2) is 8.11. The number of pyridine rings is 2. The van der Waals surface area contributed by atoms with Crippen molar-refractivity contribution in [1.29, 1.82) is 0 Å². The van der Waals surface area contributed by atoms with Crippen LogP contribution >= 0.6 is 0 Å². The molecule has 0 saturated carbocycles. The number of halogens is 1. The predicted octanol–water partition coefficient (Wildman–Crippen LogP) is 4.87. The molecule has 4 rings (SSSR count). The van der Waals surface area contributed by atoms with Gasteiger partial charge >= 0.3 is 0 Å². The molecule has 8 heteroatoms. The van der Waals surface area contributed by atoms with Gasteiger partial charge in [-0.2, -0.15) is 0 Å². The molecule has 0 atom stereocenters. The first-order valence-electron chi connectivity index (χ1n) is 10.3. The first kappa shape index (κ1) is 22.1. The number of fused-ring (bicyclic) bond motifs is 1. The van der Waals surface area contributed by atoms with E-state index in [2.05, 4.69) is 14.7 Å². The molecule has 166 valence electrons. The summed E-state index contributed by atoms with van der Waals surface area (Å²) in [5, 5.41) is 0.716. The lowest BCUT2D eigenvalue weighted by Crippen LogP contribution is -2.40. The van der Waals surface area contributed by atoms with Gasteiger partial charge in [-0.1, -0.05) is 13.0 Å². The van der Waals surface area contributed by atoms with Gasteiger partial charge in [-0.15, -0.1) is 0 Å². The summed E-state index contributed by atoms with van der Waals surface area (Å²) in [5.74, 6) is 0.409. The number of aromatic nitrogens is 3. The minimum Gasteiger partial charge on any atom is -0.292 e. The van der Waals surface area contributed by atoms with Crippen LogP contribution in [0.1, 0.15) is 33.3 Å². The van der Waals surface area contributed by atoms with Crippen molar-refractivity contribution in [2.75, 3.05) is 0 Å². The van der Waals surface area contributed by atoms with E-state index in [0.29, 0.717) is 34.6 Å². The molecule has 4 aromatic rings. The number of nitrogens with zero attached hydrogens (tertiary/aromatic N) is 3. The van der Waals surface area contributed by atoms with Crippen molar-refractivity contribution in [2.24, 2.45) is 0 Å². The van der Waals surface area contributed by atoms with Gasteiger partial charge in [0.1, 0.15) is 16.5 Å². The summed E-state index contributed by atoms with van der Waals surface area (Å²) in [6.45, 7) is 7.25. The third-order valence-corrected chi connectivity index (χ3v) is 6.72. The molecule has 1 aromatic carbocycles. The Balaban J connectivity index is 1.88. The van der Waals surface area contributed by atoms with Gasteiger partial charge in [-0.25, -0.2) is 22.5 Å². The molecule has 0 fully saturated rings. The van der Waals surface area contributed by atoms with Gasteiger partial charge in [0.05, 0.1) is 16.9 Å². The van der Waals surface area contributed by atoms with Crippen LogP contribution in [0.3, 0.4) is 0 Å². The fourth-order valence-electron chi connectivity index (χ4n) is 3.62. The highest BCUT2D eigenvalue weighted by atomic mass is 32.2. The highest BCUT2D eigenvalue weighted by Crippen LogP contribution is 2.32. The summed E-state index contributed by atoms with van der Waals surface area (Å²) in [6.07, 6.45) is 3.59. The molecule has 6 nitrogen and oxygen atoms in total. The lowest BCUT2D eigenvalue weighted by atomic mass is 10.1. The molecular formula is C24H25FN4O2S. The van der Waals surface area contributed by atoms with Crippen LogP contribution in [0.15, 0.2) is 65.8 Å². The van der Waals surface area contributed by atoms with Crippen molar-refractivity contribution >= 4 is 20.9 Å². The van der Waals surface area contributed by atoms with Crippen LogP contribution in [0.25, 0.3) is 28.1 Å². The topological polar surface area (TPSA) is 76.9 Å².